The van der Waals surface area contributed by atoms with Crippen LogP contribution in [0.15, 0.2) is 6.33 Å². The third kappa shape index (κ3) is 3.48. The van der Waals surface area contributed by atoms with Crippen molar-refractivity contribution in [2.45, 2.75) is 50.7 Å². The van der Waals surface area contributed by atoms with Crippen LogP contribution in [0.5, 0.6) is 0 Å². The minimum Gasteiger partial charge on any atom is -0.393 e. The molecule has 4 rings (SSSR count). The lowest BCUT2D eigenvalue weighted by molar-refractivity contribution is -0.140. The molecule has 0 bridgehead atoms. The first-order chi connectivity index (χ1) is 12.2. The maximum atomic E-state index is 12.7. The number of hydrogen-bond donors (Lipinski definition) is 1. The molecule has 136 valence electrons. The number of anilines is 1. The van der Waals surface area contributed by atoms with Crippen molar-refractivity contribution in [2.75, 3.05) is 37.7 Å². The molecule has 3 aliphatic heterocycles. The van der Waals surface area contributed by atoms with Crippen LogP contribution < -0.4 is 4.90 Å². The minimum atomic E-state index is -0.254. The maximum Gasteiger partial charge on any atom is 0.251 e. The van der Waals surface area contributed by atoms with E-state index in [2.05, 4.69) is 14.9 Å². The van der Waals surface area contributed by atoms with Crippen molar-refractivity contribution in [1.29, 1.82) is 0 Å². The second-order valence-corrected chi connectivity index (χ2v) is 7.17. The lowest BCUT2D eigenvalue weighted by Crippen LogP contribution is -2.40. The smallest absolute Gasteiger partial charge is 0.251 e. The molecule has 0 unspecified atom stereocenters. The predicted molar refractivity (Wildman–Crippen MR) is 92.4 cm³/mol. The number of nitrogens with zero attached hydrogens (tertiary/aromatic N) is 4. The van der Waals surface area contributed by atoms with Gasteiger partial charge in [-0.1, -0.05) is 0 Å². The van der Waals surface area contributed by atoms with E-state index in [1.165, 1.54) is 5.56 Å². The number of hydrogen-bond acceptors (Lipinski definition) is 6. The normalized spacial score (nSPS) is 24.9. The van der Waals surface area contributed by atoms with Gasteiger partial charge in [-0.05, 0) is 32.1 Å². The number of rotatable bonds is 2. The molecule has 4 heterocycles. The number of aliphatic hydroxyl groups is 1. The van der Waals surface area contributed by atoms with Crippen molar-refractivity contribution < 1.29 is 14.6 Å². The van der Waals surface area contributed by atoms with Crippen LogP contribution in [-0.4, -0.2) is 70.9 Å². The zero-order valence-corrected chi connectivity index (χ0v) is 14.6. The van der Waals surface area contributed by atoms with Gasteiger partial charge >= 0.3 is 0 Å². The predicted octanol–water partition coefficient (Wildman–Crippen LogP) is 0.544. The number of amides is 1. The Morgan fingerprint density at radius 3 is 2.68 bits per heavy atom. The molecule has 1 atom stereocenters. The van der Waals surface area contributed by atoms with Crippen molar-refractivity contribution >= 4 is 11.7 Å². The van der Waals surface area contributed by atoms with Gasteiger partial charge in [0, 0.05) is 44.8 Å². The summed E-state index contributed by atoms with van der Waals surface area (Å²) in [5, 5.41) is 9.74. The third-order valence-electron chi connectivity index (χ3n) is 5.54. The molecule has 7 heteroatoms. The molecule has 1 amide bonds. The number of piperidine rings is 1. The van der Waals surface area contributed by atoms with E-state index in [1.54, 1.807) is 6.33 Å². The molecular formula is C18H26N4O3. The Hall–Kier alpha value is -1.73. The van der Waals surface area contributed by atoms with E-state index in [0.29, 0.717) is 19.7 Å². The summed E-state index contributed by atoms with van der Waals surface area (Å²) in [4.78, 5) is 25.9. The highest BCUT2D eigenvalue weighted by Gasteiger charge is 2.31. The summed E-state index contributed by atoms with van der Waals surface area (Å²) in [7, 11) is 0. The highest BCUT2D eigenvalue weighted by Crippen LogP contribution is 2.27. The maximum absolute atomic E-state index is 12.7. The second-order valence-electron chi connectivity index (χ2n) is 7.17. The van der Waals surface area contributed by atoms with Gasteiger partial charge in [-0.15, -0.1) is 0 Å². The first-order valence-electron chi connectivity index (χ1n) is 9.38. The Bertz CT molecular complexity index is 625. The Kier molecular flexibility index (Phi) is 4.85. The molecular weight excluding hydrogens is 320 g/mol. The average Bonchev–Trinajstić information content (AvgIpc) is 3.08. The fourth-order valence-electron chi connectivity index (χ4n) is 4.06. The number of aromatic nitrogens is 2. The fraction of sp³-hybridized carbons (Fsp3) is 0.722. The van der Waals surface area contributed by atoms with E-state index in [9.17, 15) is 9.90 Å². The average molecular weight is 346 g/mol. The van der Waals surface area contributed by atoms with Gasteiger partial charge in [0.25, 0.3) is 5.91 Å². The summed E-state index contributed by atoms with van der Waals surface area (Å²) in [5.41, 5.74) is 2.22. The molecule has 0 aromatic carbocycles. The molecule has 25 heavy (non-hydrogen) atoms. The van der Waals surface area contributed by atoms with Gasteiger partial charge in [0.1, 0.15) is 18.2 Å². The van der Waals surface area contributed by atoms with Crippen LogP contribution in [0.1, 0.15) is 36.9 Å². The summed E-state index contributed by atoms with van der Waals surface area (Å²) in [6, 6.07) is 0. The van der Waals surface area contributed by atoms with Gasteiger partial charge in [-0.2, -0.15) is 0 Å². The molecule has 1 aromatic heterocycles. The van der Waals surface area contributed by atoms with Crippen molar-refractivity contribution in [1.82, 2.24) is 14.9 Å². The summed E-state index contributed by atoms with van der Waals surface area (Å²) < 4.78 is 5.56. The Balaban J connectivity index is 1.49. The molecule has 2 saturated heterocycles. The molecule has 0 spiro atoms. The summed E-state index contributed by atoms with van der Waals surface area (Å²) in [6.07, 6.45) is 6.10. The van der Waals surface area contributed by atoms with Crippen molar-refractivity contribution in [2.24, 2.45) is 0 Å². The lowest BCUT2D eigenvalue weighted by atomic mass is 10.1. The summed E-state index contributed by atoms with van der Waals surface area (Å²) in [6.45, 7) is 3.73. The monoisotopic (exact) mass is 346 g/mol. The lowest BCUT2D eigenvalue weighted by Gasteiger charge is -2.32. The van der Waals surface area contributed by atoms with Crippen LogP contribution in [0, 0.1) is 0 Å². The van der Waals surface area contributed by atoms with Crippen LogP contribution >= 0.6 is 0 Å². The van der Waals surface area contributed by atoms with Gasteiger partial charge in [0.15, 0.2) is 0 Å². The molecule has 1 aromatic rings. The zero-order valence-electron chi connectivity index (χ0n) is 14.6. The van der Waals surface area contributed by atoms with Gasteiger partial charge in [0.05, 0.1) is 11.8 Å². The van der Waals surface area contributed by atoms with E-state index in [4.69, 9.17) is 4.74 Å². The van der Waals surface area contributed by atoms with E-state index in [1.807, 2.05) is 4.90 Å². The molecule has 0 saturated carbocycles. The highest BCUT2D eigenvalue weighted by molar-refractivity contribution is 5.81. The quantitative estimate of drug-likeness (QED) is 0.842. The third-order valence-corrected chi connectivity index (χ3v) is 5.54. The van der Waals surface area contributed by atoms with Crippen LogP contribution in [0.4, 0.5) is 5.82 Å². The molecule has 0 radical (unpaired) electrons. The largest absolute Gasteiger partial charge is 0.393 e. The zero-order chi connectivity index (χ0) is 17.2. The first-order valence-corrected chi connectivity index (χ1v) is 9.38. The van der Waals surface area contributed by atoms with Crippen LogP contribution in [0.25, 0.3) is 0 Å². The minimum absolute atomic E-state index is 0.126. The molecule has 0 aliphatic carbocycles. The van der Waals surface area contributed by atoms with E-state index < -0.39 is 0 Å². The first kappa shape index (κ1) is 16.7. The van der Waals surface area contributed by atoms with Crippen molar-refractivity contribution in [3.05, 3.63) is 17.6 Å². The molecule has 7 nitrogen and oxygen atoms in total. The fourth-order valence-corrected chi connectivity index (χ4v) is 4.06. The van der Waals surface area contributed by atoms with Gasteiger partial charge in [-0.25, -0.2) is 9.97 Å². The Morgan fingerprint density at radius 2 is 1.92 bits per heavy atom. The highest BCUT2D eigenvalue weighted by atomic mass is 16.5. The standard InChI is InChI=1S/C18H26N4O3/c23-13-3-7-21(8-4-13)17-14-5-9-22(10-6-15(14)19-12-20-17)18(24)16-2-1-11-25-16/h12-13,16,23H,1-11H2/t16-/m1/s1. The van der Waals surface area contributed by atoms with Crippen molar-refractivity contribution in [3.63, 3.8) is 0 Å². The number of fused-ring (bicyclic) bond motifs is 1. The van der Waals surface area contributed by atoms with Crippen LogP contribution in [-0.2, 0) is 22.4 Å². The van der Waals surface area contributed by atoms with Gasteiger partial charge in [-0.3, -0.25) is 4.79 Å². The SMILES string of the molecule is O=C([C@H]1CCCO1)N1CCc2ncnc(N3CCC(O)CC3)c2CC1. The number of aliphatic hydroxyl groups excluding tert-OH is 1. The van der Waals surface area contributed by atoms with E-state index in [0.717, 1.165) is 63.1 Å². The van der Waals surface area contributed by atoms with Gasteiger partial charge < -0.3 is 19.6 Å². The Morgan fingerprint density at radius 1 is 1.12 bits per heavy atom. The van der Waals surface area contributed by atoms with Crippen LogP contribution in [0.3, 0.4) is 0 Å². The molecule has 3 aliphatic rings. The van der Waals surface area contributed by atoms with E-state index >= 15 is 0 Å². The molecule has 1 N–H and O–H groups in total. The van der Waals surface area contributed by atoms with Crippen molar-refractivity contribution in [3.8, 4) is 0 Å². The van der Waals surface area contributed by atoms with Gasteiger partial charge in [0.2, 0.25) is 0 Å². The second kappa shape index (κ2) is 7.25. The van der Waals surface area contributed by atoms with E-state index in [-0.39, 0.29) is 18.1 Å². The van der Waals surface area contributed by atoms with Crippen LogP contribution in [0.2, 0.25) is 0 Å². The molecule has 2 fully saturated rings. The topological polar surface area (TPSA) is 78.8 Å². The number of carbonyl (C=O) groups excluding carboxylic acids is 1. The summed E-state index contributed by atoms with van der Waals surface area (Å²) >= 11 is 0. The number of carbonyl (C=O) groups is 1. The number of ether oxygens (including phenoxy) is 1. The Labute approximate surface area is 148 Å². The summed E-state index contributed by atoms with van der Waals surface area (Å²) in [5.74, 6) is 1.12.